The average Bonchev–Trinajstić information content (AvgIpc) is 1.77. The number of nitrogens with zero attached hydrogens (tertiary/aromatic N) is 1. The van der Waals surface area contributed by atoms with Gasteiger partial charge in [-0.1, -0.05) is 34.3 Å². The molecule has 0 aromatic heterocycles. The highest BCUT2D eigenvalue weighted by Crippen LogP contribution is 2.46. The summed E-state index contributed by atoms with van der Waals surface area (Å²) in [6.07, 6.45) is 0. The fourth-order valence-electron chi connectivity index (χ4n) is 1.54. The predicted octanol–water partition coefficient (Wildman–Crippen LogP) is 2.89. The van der Waals surface area contributed by atoms with Crippen LogP contribution in [0.15, 0.2) is 12.3 Å². The summed E-state index contributed by atoms with van der Waals surface area (Å²) in [5, 5.41) is 0. The smallest absolute Gasteiger partial charge is 0.0250 e. The van der Waals surface area contributed by atoms with E-state index in [2.05, 4.69) is 46.1 Å². The van der Waals surface area contributed by atoms with E-state index < -0.39 is 0 Å². The molecule has 1 heteroatoms. The highest BCUT2D eigenvalue weighted by Gasteiger charge is 2.46. The summed E-state index contributed by atoms with van der Waals surface area (Å²) >= 11 is 0. The van der Waals surface area contributed by atoms with Crippen molar-refractivity contribution in [2.24, 2.45) is 10.8 Å². The van der Waals surface area contributed by atoms with Crippen molar-refractivity contribution in [2.45, 2.75) is 34.6 Å². The van der Waals surface area contributed by atoms with Crippen LogP contribution in [-0.4, -0.2) is 18.0 Å². The van der Waals surface area contributed by atoms with Gasteiger partial charge in [-0.2, -0.15) is 0 Å². The Balaban J connectivity index is 2.57. The first kappa shape index (κ1) is 9.63. The maximum absolute atomic E-state index is 3.95. The van der Waals surface area contributed by atoms with Crippen molar-refractivity contribution in [3.05, 3.63) is 12.3 Å². The van der Waals surface area contributed by atoms with Crippen molar-refractivity contribution in [2.75, 3.05) is 13.1 Å². The van der Waals surface area contributed by atoms with Crippen LogP contribution < -0.4 is 0 Å². The van der Waals surface area contributed by atoms with Gasteiger partial charge in [0.2, 0.25) is 0 Å². The Morgan fingerprint density at radius 3 is 2.00 bits per heavy atom. The molecule has 0 N–H and O–H groups in total. The van der Waals surface area contributed by atoms with E-state index >= 15 is 0 Å². The maximum atomic E-state index is 3.95. The molecule has 0 unspecified atom stereocenters. The highest BCUT2D eigenvalue weighted by molar-refractivity contribution is 5.06. The molecule has 0 spiro atoms. The summed E-state index contributed by atoms with van der Waals surface area (Å²) in [6.45, 7) is 17.7. The zero-order chi connectivity index (χ0) is 9.57. The third-order valence-corrected chi connectivity index (χ3v) is 3.43. The fraction of sp³-hybridized carbons (Fsp3) is 0.818. The maximum Gasteiger partial charge on any atom is 0.0250 e. The minimum Gasteiger partial charge on any atom is -0.374 e. The summed E-state index contributed by atoms with van der Waals surface area (Å²) in [5.74, 6) is 0. The largest absolute Gasteiger partial charge is 0.374 e. The van der Waals surface area contributed by atoms with Gasteiger partial charge < -0.3 is 4.90 Å². The van der Waals surface area contributed by atoms with Crippen LogP contribution >= 0.6 is 0 Å². The molecule has 1 fully saturated rings. The standard InChI is InChI=1S/C11H21N/c1-9(2)12-7-11(6,8-12)10(3,4)5/h1,7-8H2,2-6H3. The van der Waals surface area contributed by atoms with Crippen molar-refractivity contribution < 1.29 is 0 Å². The van der Waals surface area contributed by atoms with Gasteiger partial charge in [-0.15, -0.1) is 0 Å². The van der Waals surface area contributed by atoms with Gasteiger partial charge in [0, 0.05) is 24.2 Å². The van der Waals surface area contributed by atoms with Crippen molar-refractivity contribution in [1.82, 2.24) is 4.90 Å². The molecule has 0 aliphatic carbocycles. The molecular formula is C11H21N. The van der Waals surface area contributed by atoms with Gasteiger partial charge >= 0.3 is 0 Å². The molecule has 1 aliphatic heterocycles. The van der Waals surface area contributed by atoms with E-state index in [1.807, 2.05) is 0 Å². The Morgan fingerprint density at radius 2 is 1.75 bits per heavy atom. The van der Waals surface area contributed by atoms with Crippen LogP contribution in [0, 0.1) is 10.8 Å². The number of allylic oxidation sites excluding steroid dienone is 1. The molecule has 1 heterocycles. The number of hydrogen-bond acceptors (Lipinski definition) is 1. The SMILES string of the molecule is C=C(C)N1CC(C)(C(C)(C)C)C1. The second-order valence-corrected chi connectivity index (χ2v) is 5.40. The Hall–Kier alpha value is -0.460. The first-order chi connectivity index (χ1) is 5.26. The third-order valence-electron chi connectivity index (χ3n) is 3.43. The summed E-state index contributed by atoms with van der Waals surface area (Å²) in [7, 11) is 0. The number of hydrogen-bond donors (Lipinski definition) is 0. The monoisotopic (exact) mass is 167 g/mol. The van der Waals surface area contributed by atoms with Crippen LogP contribution in [0.5, 0.6) is 0 Å². The Kier molecular flexibility index (Phi) is 2.02. The van der Waals surface area contributed by atoms with Gasteiger partial charge in [0.25, 0.3) is 0 Å². The van der Waals surface area contributed by atoms with Crippen LogP contribution in [0.25, 0.3) is 0 Å². The molecule has 12 heavy (non-hydrogen) atoms. The normalized spacial score (nSPS) is 21.9. The van der Waals surface area contributed by atoms with E-state index in [0.717, 1.165) is 0 Å². The topological polar surface area (TPSA) is 3.24 Å². The average molecular weight is 167 g/mol. The minimum atomic E-state index is 0.416. The Labute approximate surface area is 76.5 Å². The van der Waals surface area contributed by atoms with Crippen LogP contribution in [0.3, 0.4) is 0 Å². The third kappa shape index (κ3) is 1.37. The lowest BCUT2D eigenvalue weighted by atomic mass is 9.63. The summed E-state index contributed by atoms with van der Waals surface area (Å²) < 4.78 is 0. The first-order valence-corrected chi connectivity index (χ1v) is 4.67. The van der Waals surface area contributed by atoms with Gasteiger partial charge in [-0.25, -0.2) is 0 Å². The van der Waals surface area contributed by atoms with Crippen molar-refractivity contribution in [1.29, 1.82) is 0 Å². The second kappa shape index (κ2) is 2.51. The van der Waals surface area contributed by atoms with Gasteiger partial charge in [0.05, 0.1) is 0 Å². The zero-order valence-corrected chi connectivity index (χ0v) is 9.07. The molecule has 1 saturated heterocycles. The molecule has 0 aromatic rings. The lowest BCUT2D eigenvalue weighted by Crippen LogP contribution is -2.59. The molecule has 0 radical (unpaired) electrons. The Morgan fingerprint density at radius 1 is 1.33 bits per heavy atom. The molecule has 0 aromatic carbocycles. The van der Waals surface area contributed by atoms with Gasteiger partial charge in [-0.05, 0) is 12.3 Å². The van der Waals surface area contributed by atoms with Crippen LogP contribution in [0.2, 0.25) is 0 Å². The molecule has 1 nitrogen and oxygen atoms in total. The number of rotatable bonds is 1. The lowest BCUT2D eigenvalue weighted by Gasteiger charge is -2.56. The molecular weight excluding hydrogens is 146 g/mol. The summed E-state index contributed by atoms with van der Waals surface area (Å²) in [4.78, 5) is 2.35. The van der Waals surface area contributed by atoms with Crippen molar-refractivity contribution >= 4 is 0 Å². The quantitative estimate of drug-likeness (QED) is 0.580. The minimum absolute atomic E-state index is 0.416. The molecule has 0 atom stereocenters. The second-order valence-electron chi connectivity index (χ2n) is 5.40. The van der Waals surface area contributed by atoms with E-state index in [0.29, 0.717) is 10.8 Å². The van der Waals surface area contributed by atoms with Gasteiger partial charge in [0.1, 0.15) is 0 Å². The highest BCUT2D eigenvalue weighted by atomic mass is 15.2. The molecule has 0 bridgehead atoms. The molecule has 1 rings (SSSR count). The van der Waals surface area contributed by atoms with Crippen molar-refractivity contribution in [3.63, 3.8) is 0 Å². The fourth-order valence-corrected chi connectivity index (χ4v) is 1.54. The van der Waals surface area contributed by atoms with E-state index in [9.17, 15) is 0 Å². The van der Waals surface area contributed by atoms with Crippen LogP contribution in [0.4, 0.5) is 0 Å². The van der Waals surface area contributed by atoms with Crippen molar-refractivity contribution in [3.8, 4) is 0 Å². The van der Waals surface area contributed by atoms with E-state index in [-0.39, 0.29) is 0 Å². The zero-order valence-electron chi connectivity index (χ0n) is 9.07. The van der Waals surface area contributed by atoms with Gasteiger partial charge in [-0.3, -0.25) is 0 Å². The van der Waals surface area contributed by atoms with Crippen LogP contribution in [-0.2, 0) is 0 Å². The predicted molar refractivity (Wildman–Crippen MR) is 53.9 cm³/mol. The molecule has 70 valence electrons. The first-order valence-electron chi connectivity index (χ1n) is 4.67. The van der Waals surface area contributed by atoms with E-state index in [1.54, 1.807) is 0 Å². The Bertz CT molecular complexity index is 192. The van der Waals surface area contributed by atoms with Gasteiger partial charge in [0.15, 0.2) is 0 Å². The van der Waals surface area contributed by atoms with E-state index in [1.165, 1.54) is 18.8 Å². The van der Waals surface area contributed by atoms with E-state index in [4.69, 9.17) is 0 Å². The van der Waals surface area contributed by atoms with Crippen LogP contribution in [0.1, 0.15) is 34.6 Å². The lowest BCUT2D eigenvalue weighted by molar-refractivity contribution is -0.0455. The summed E-state index contributed by atoms with van der Waals surface area (Å²) in [6, 6.07) is 0. The molecule has 0 amide bonds. The summed E-state index contributed by atoms with van der Waals surface area (Å²) in [5.41, 5.74) is 2.10. The molecule has 1 aliphatic rings. The molecule has 0 saturated carbocycles. The number of likely N-dealkylation sites (tertiary alicyclic amines) is 1.